The summed E-state index contributed by atoms with van der Waals surface area (Å²) in [6.07, 6.45) is 4.73. The van der Waals surface area contributed by atoms with Gasteiger partial charge in [-0.3, -0.25) is 9.36 Å². The molecule has 0 unspecified atom stereocenters. The number of halogens is 1. The van der Waals surface area contributed by atoms with Crippen LogP contribution in [0.15, 0.2) is 64.2 Å². The SMILES string of the molecule is C[C@@H]1CCCC[C@@H]1NC(=O)CSc1nnc(-c2ccccc2Br)n1Cc1ccccc1. The summed E-state index contributed by atoms with van der Waals surface area (Å²) < 4.78 is 3.06. The van der Waals surface area contributed by atoms with Gasteiger partial charge in [-0.05, 0) is 30.4 Å². The number of nitrogens with zero attached hydrogens (tertiary/aromatic N) is 3. The molecule has 0 saturated heterocycles. The number of amides is 1. The summed E-state index contributed by atoms with van der Waals surface area (Å²) in [6.45, 7) is 2.88. The summed E-state index contributed by atoms with van der Waals surface area (Å²) in [7, 11) is 0. The van der Waals surface area contributed by atoms with Crippen molar-refractivity contribution in [3.05, 3.63) is 64.6 Å². The molecule has 7 heteroatoms. The molecule has 0 spiro atoms. The Morgan fingerprint density at radius 1 is 1.10 bits per heavy atom. The molecule has 1 N–H and O–H groups in total. The number of benzene rings is 2. The largest absolute Gasteiger partial charge is 0.352 e. The standard InChI is InChI=1S/C24H27BrN4OS/c1-17-9-5-8-14-21(17)26-22(30)16-31-24-28-27-23(19-12-6-7-13-20(19)25)29(24)15-18-10-3-2-4-11-18/h2-4,6-7,10-13,17,21H,5,8-9,14-16H2,1H3,(H,26,30)/t17-,21+/m1/s1. The predicted octanol–water partition coefficient (Wildman–Crippen LogP) is 5.54. The highest BCUT2D eigenvalue weighted by Crippen LogP contribution is 2.30. The topological polar surface area (TPSA) is 59.8 Å². The van der Waals surface area contributed by atoms with Crippen LogP contribution < -0.4 is 5.32 Å². The smallest absolute Gasteiger partial charge is 0.230 e. The first kappa shape index (κ1) is 22.1. The molecule has 0 bridgehead atoms. The summed E-state index contributed by atoms with van der Waals surface area (Å²) in [5, 5.41) is 12.9. The fourth-order valence-electron chi connectivity index (χ4n) is 4.06. The van der Waals surface area contributed by atoms with E-state index < -0.39 is 0 Å². The van der Waals surface area contributed by atoms with E-state index in [1.165, 1.54) is 31.0 Å². The molecule has 1 aliphatic carbocycles. The molecular weight excluding hydrogens is 472 g/mol. The van der Waals surface area contributed by atoms with Crippen molar-refractivity contribution >= 4 is 33.6 Å². The van der Waals surface area contributed by atoms with Crippen molar-refractivity contribution in [3.8, 4) is 11.4 Å². The fourth-order valence-corrected chi connectivity index (χ4v) is 5.27. The molecule has 0 radical (unpaired) electrons. The van der Waals surface area contributed by atoms with Gasteiger partial charge in [0.15, 0.2) is 11.0 Å². The van der Waals surface area contributed by atoms with Crippen molar-refractivity contribution in [1.82, 2.24) is 20.1 Å². The Hall–Kier alpha value is -2.12. The zero-order chi connectivity index (χ0) is 21.6. The molecule has 5 nitrogen and oxygen atoms in total. The highest BCUT2D eigenvalue weighted by Gasteiger charge is 2.23. The Balaban J connectivity index is 1.53. The van der Waals surface area contributed by atoms with Gasteiger partial charge in [0, 0.05) is 16.1 Å². The highest BCUT2D eigenvalue weighted by atomic mass is 79.9. The summed E-state index contributed by atoms with van der Waals surface area (Å²) in [5.74, 6) is 1.75. The second-order valence-electron chi connectivity index (χ2n) is 8.08. The zero-order valence-electron chi connectivity index (χ0n) is 17.6. The first-order valence-corrected chi connectivity index (χ1v) is 12.5. The Bertz CT molecular complexity index is 1020. The average molecular weight is 499 g/mol. The van der Waals surface area contributed by atoms with Gasteiger partial charge >= 0.3 is 0 Å². The number of hydrogen-bond acceptors (Lipinski definition) is 4. The molecule has 2 aromatic carbocycles. The lowest BCUT2D eigenvalue weighted by atomic mass is 9.86. The zero-order valence-corrected chi connectivity index (χ0v) is 20.0. The second kappa shape index (κ2) is 10.5. The molecule has 31 heavy (non-hydrogen) atoms. The maximum Gasteiger partial charge on any atom is 0.230 e. The molecule has 4 rings (SSSR count). The van der Waals surface area contributed by atoms with E-state index in [4.69, 9.17) is 0 Å². The van der Waals surface area contributed by atoms with Crippen LogP contribution in [0.5, 0.6) is 0 Å². The third-order valence-electron chi connectivity index (χ3n) is 5.81. The van der Waals surface area contributed by atoms with E-state index in [-0.39, 0.29) is 5.91 Å². The maximum atomic E-state index is 12.6. The van der Waals surface area contributed by atoms with Gasteiger partial charge in [0.1, 0.15) is 0 Å². The van der Waals surface area contributed by atoms with Gasteiger partial charge in [0.2, 0.25) is 5.91 Å². The van der Waals surface area contributed by atoms with Crippen LogP contribution in [0, 0.1) is 5.92 Å². The van der Waals surface area contributed by atoms with Gasteiger partial charge in [-0.15, -0.1) is 10.2 Å². The molecule has 1 fully saturated rings. The summed E-state index contributed by atoms with van der Waals surface area (Å²) >= 11 is 5.08. The molecule has 1 saturated carbocycles. The van der Waals surface area contributed by atoms with E-state index in [9.17, 15) is 4.79 Å². The van der Waals surface area contributed by atoms with E-state index >= 15 is 0 Å². The Labute approximate surface area is 196 Å². The van der Waals surface area contributed by atoms with Crippen molar-refractivity contribution in [3.63, 3.8) is 0 Å². The normalized spacial score (nSPS) is 18.6. The number of hydrogen-bond donors (Lipinski definition) is 1. The number of aromatic nitrogens is 3. The minimum atomic E-state index is 0.0699. The molecule has 3 aromatic rings. The molecule has 2 atom stereocenters. The van der Waals surface area contributed by atoms with E-state index in [2.05, 4.69) is 55.1 Å². The maximum absolute atomic E-state index is 12.6. The van der Waals surface area contributed by atoms with Gasteiger partial charge in [0.25, 0.3) is 0 Å². The number of carbonyl (C=O) groups excluding carboxylic acids is 1. The van der Waals surface area contributed by atoms with E-state index in [1.54, 1.807) is 0 Å². The first-order valence-electron chi connectivity index (χ1n) is 10.8. The van der Waals surface area contributed by atoms with Crippen LogP contribution in [0.2, 0.25) is 0 Å². The number of nitrogens with one attached hydrogen (secondary N) is 1. The first-order chi connectivity index (χ1) is 15.1. The molecule has 1 aliphatic rings. The van der Waals surface area contributed by atoms with E-state index in [1.807, 2.05) is 42.5 Å². The number of thioether (sulfide) groups is 1. The molecule has 0 aliphatic heterocycles. The molecular formula is C24H27BrN4OS. The fraction of sp³-hybridized carbons (Fsp3) is 0.375. The van der Waals surface area contributed by atoms with Gasteiger partial charge in [0.05, 0.1) is 12.3 Å². The quantitative estimate of drug-likeness (QED) is 0.434. The second-order valence-corrected chi connectivity index (χ2v) is 9.88. The lowest BCUT2D eigenvalue weighted by molar-refractivity contribution is -0.119. The van der Waals surface area contributed by atoms with Crippen molar-refractivity contribution in [2.75, 3.05) is 5.75 Å². The van der Waals surface area contributed by atoms with Crippen LogP contribution >= 0.6 is 27.7 Å². The van der Waals surface area contributed by atoms with Gasteiger partial charge in [-0.2, -0.15) is 0 Å². The Morgan fingerprint density at radius 3 is 2.61 bits per heavy atom. The van der Waals surface area contributed by atoms with Gasteiger partial charge in [-0.25, -0.2) is 0 Å². The summed E-state index contributed by atoms with van der Waals surface area (Å²) in [6, 6.07) is 18.6. The van der Waals surface area contributed by atoms with Crippen LogP contribution in [-0.4, -0.2) is 32.5 Å². The summed E-state index contributed by atoms with van der Waals surface area (Å²) in [4.78, 5) is 12.6. The molecule has 1 heterocycles. The highest BCUT2D eigenvalue weighted by molar-refractivity contribution is 9.10. The van der Waals surface area contributed by atoms with Crippen molar-refractivity contribution in [2.24, 2.45) is 5.92 Å². The van der Waals surface area contributed by atoms with Crippen LogP contribution in [0.3, 0.4) is 0 Å². The van der Waals surface area contributed by atoms with Crippen molar-refractivity contribution in [1.29, 1.82) is 0 Å². The van der Waals surface area contributed by atoms with Crippen LogP contribution in [0.25, 0.3) is 11.4 Å². The van der Waals surface area contributed by atoms with Crippen molar-refractivity contribution in [2.45, 2.75) is 50.4 Å². The summed E-state index contributed by atoms with van der Waals surface area (Å²) in [5.41, 5.74) is 2.15. The number of carbonyl (C=O) groups is 1. The van der Waals surface area contributed by atoms with E-state index in [0.29, 0.717) is 24.3 Å². The van der Waals surface area contributed by atoms with E-state index in [0.717, 1.165) is 33.0 Å². The predicted molar refractivity (Wildman–Crippen MR) is 129 cm³/mol. The Morgan fingerprint density at radius 2 is 1.84 bits per heavy atom. The van der Waals surface area contributed by atoms with Gasteiger partial charge < -0.3 is 5.32 Å². The van der Waals surface area contributed by atoms with Crippen LogP contribution in [0.4, 0.5) is 0 Å². The minimum Gasteiger partial charge on any atom is -0.352 e. The Kier molecular flexibility index (Phi) is 7.45. The number of rotatable bonds is 7. The molecule has 1 aromatic heterocycles. The third-order valence-corrected chi connectivity index (χ3v) is 7.46. The molecule has 162 valence electrons. The minimum absolute atomic E-state index is 0.0699. The third kappa shape index (κ3) is 5.57. The van der Waals surface area contributed by atoms with Crippen LogP contribution in [-0.2, 0) is 11.3 Å². The van der Waals surface area contributed by atoms with Gasteiger partial charge in [-0.1, -0.05) is 96.0 Å². The lowest BCUT2D eigenvalue weighted by Gasteiger charge is -2.29. The average Bonchev–Trinajstić information content (AvgIpc) is 3.17. The lowest BCUT2D eigenvalue weighted by Crippen LogP contribution is -2.41. The van der Waals surface area contributed by atoms with Crippen LogP contribution in [0.1, 0.15) is 38.2 Å². The monoisotopic (exact) mass is 498 g/mol. The molecule has 1 amide bonds. The van der Waals surface area contributed by atoms with Crippen molar-refractivity contribution < 1.29 is 4.79 Å².